The van der Waals surface area contributed by atoms with E-state index in [0.29, 0.717) is 29.4 Å². The van der Waals surface area contributed by atoms with Crippen LogP contribution in [0.25, 0.3) is 0 Å². The van der Waals surface area contributed by atoms with Crippen molar-refractivity contribution in [2.24, 2.45) is 0 Å². The fourth-order valence-electron chi connectivity index (χ4n) is 2.70. The summed E-state index contributed by atoms with van der Waals surface area (Å²) in [7, 11) is 0. The van der Waals surface area contributed by atoms with Crippen LogP contribution in [0.3, 0.4) is 0 Å². The molecular weight excluding hydrogens is 300 g/mol. The third-order valence-corrected chi connectivity index (χ3v) is 3.96. The summed E-state index contributed by atoms with van der Waals surface area (Å²) in [5.41, 5.74) is 1.000. The van der Waals surface area contributed by atoms with E-state index in [1.807, 2.05) is 36.4 Å². The van der Waals surface area contributed by atoms with Crippen molar-refractivity contribution in [2.75, 3.05) is 0 Å². The third-order valence-electron chi connectivity index (χ3n) is 3.73. The normalized spacial score (nSPS) is 15.9. The number of Topliss-reactive ketones (excluding diaryl/α,β-unsaturated/α-hetero) is 2. The Morgan fingerprint density at radius 3 is 2.23 bits per heavy atom. The van der Waals surface area contributed by atoms with Crippen molar-refractivity contribution in [3.63, 3.8) is 0 Å². The van der Waals surface area contributed by atoms with Gasteiger partial charge in [-0.3, -0.25) is 9.59 Å². The average molecular weight is 315 g/mol. The van der Waals surface area contributed by atoms with Gasteiger partial charge in [-0.25, -0.2) is 0 Å². The van der Waals surface area contributed by atoms with E-state index in [1.165, 1.54) is 0 Å². The maximum atomic E-state index is 11.5. The zero-order valence-electron chi connectivity index (χ0n) is 11.9. The average Bonchev–Trinajstić information content (AvgIpc) is 2.47. The Morgan fingerprint density at radius 1 is 0.909 bits per heavy atom. The molecule has 0 unspecified atom stereocenters. The molecule has 0 spiro atoms. The lowest BCUT2D eigenvalue weighted by molar-refractivity contribution is -0.130. The maximum Gasteiger partial charge on any atom is 0.140 e. The van der Waals surface area contributed by atoms with Gasteiger partial charge >= 0.3 is 0 Å². The highest BCUT2D eigenvalue weighted by Gasteiger charge is 2.26. The number of hydrogen-bond acceptors (Lipinski definition) is 3. The van der Waals surface area contributed by atoms with Gasteiger partial charge in [0.25, 0.3) is 0 Å². The number of carbonyl (C=O) groups is 2. The second kappa shape index (κ2) is 6.32. The summed E-state index contributed by atoms with van der Waals surface area (Å²) in [5, 5.41) is 0.619. The molecule has 22 heavy (non-hydrogen) atoms. The lowest BCUT2D eigenvalue weighted by Crippen LogP contribution is -2.21. The molecule has 112 valence electrons. The van der Waals surface area contributed by atoms with Crippen molar-refractivity contribution >= 4 is 23.2 Å². The van der Waals surface area contributed by atoms with Crippen molar-refractivity contribution < 1.29 is 14.3 Å². The summed E-state index contributed by atoms with van der Waals surface area (Å²) in [6.07, 6.45) is 0.979. The van der Waals surface area contributed by atoms with Crippen LogP contribution in [0.15, 0.2) is 48.5 Å². The van der Waals surface area contributed by atoms with Gasteiger partial charge < -0.3 is 4.74 Å². The van der Waals surface area contributed by atoms with Crippen molar-refractivity contribution in [3.8, 4) is 11.5 Å². The number of carbonyl (C=O) groups excluding carboxylic acids is 2. The van der Waals surface area contributed by atoms with Gasteiger partial charge in [-0.15, -0.1) is 0 Å². The monoisotopic (exact) mass is 314 g/mol. The summed E-state index contributed by atoms with van der Waals surface area (Å²) in [4.78, 5) is 23.1. The van der Waals surface area contributed by atoms with E-state index in [-0.39, 0.29) is 23.9 Å². The Balaban J connectivity index is 1.72. The molecule has 2 aromatic rings. The first kappa shape index (κ1) is 14.8. The van der Waals surface area contributed by atoms with Gasteiger partial charge in [0.2, 0.25) is 0 Å². The minimum absolute atomic E-state index is 0.00558. The largest absolute Gasteiger partial charge is 0.457 e. The van der Waals surface area contributed by atoms with E-state index in [2.05, 4.69) is 0 Å². The van der Waals surface area contributed by atoms with E-state index in [0.717, 1.165) is 5.56 Å². The summed E-state index contributed by atoms with van der Waals surface area (Å²) in [5.74, 6) is 1.41. The number of benzene rings is 2. The second-order valence-corrected chi connectivity index (χ2v) is 5.92. The quantitative estimate of drug-likeness (QED) is 0.781. The van der Waals surface area contributed by atoms with E-state index in [9.17, 15) is 9.59 Å². The zero-order valence-corrected chi connectivity index (χ0v) is 12.7. The van der Waals surface area contributed by atoms with Crippen molar-refractivity contribution in [1.29, 1.82) is 0 Å². The molecule has 3 rings (SSSR count). The molecule has 0 atom stereocenters. The van der Waals surface area contributed by atoms with Crippen LogP contribution in [0.1, 0.15) is 30.7 Å². The Kier molecular flexibility index (Phi) is 4.25. The first-order valence-electron chi connectivity index (χ1n) is 7.17. The number of hydrogen-bond donors (Lipinski definition) is 0. The Hall–Kier alpha value is -2.13. The van der Waals surface area contributed by atoms with Gasteiger partial charge in [-0.05, 0) is 41.8 Å². The summed E-state index contributed by atoms with van der Waals surface area (Å²) in [6, 6.07) is 14.7. The smallest absolute Gasteiger partial charge is 0.140 e. The molecule has 1 aliphatic rings. The molecule has 4 heteroatoms. The lowest BCUT2D eigenvalue weighted by Gasteiger charge is -2.20. The number of rotatable bonds is 3. The Bertz CT molecular complexity index is 691. The zero-order chi connectivity index (χ0) is 15.5. The van der Waals surface area contributed by atoms with Gasteiger partial charge in [0.1, 0.15) is 23.1 Å². The SMILES string of the molecule is O=C1CC(=O)CC(c2ccc(Oc3cccc(Cl)c3)cc2)C1. The second-order valence-electron chi connectivity index (χ2n) is 5.49. The van der Waals surface area contributed by atoms with Crippen molar-refractivity contribution in [2.45, 2.75) is 25.2 Å². The predicted molar refractivity (Wildman–Crippen MR) is 84.6 cm³/mol. The number of halogens is 1. The molecule has 0 heterocycles. The van der Waals surface area contributed by atoms with Crippen LogP contribution in [0.2, 0.25) is 5.02 Å². The molecule has 0 N–H and O–H groups in total. The predicted octanol–water partition coefficient (Wildman–Crippen LogP) is 4.54. The molecule has 0 aromatic heterocycles. The fraction of sp³-hybridized carbons (Fsp3) is 0.222. The van der Waals surface area contributed by atoms with Crippen LogP contribution < -0.4 is 4.74 Å². The van der Waals surface area contributed by atoms with E-state index >= 15 is 0 Å². The van der Waals surface area contributed by atoms with Crippen LogP contribution in [-0.4, -0.2) is 11.6 Å². The van der Waals surface area contributed by atoms with Crippen LogP contribution in [-0.2, 0) is 9.59 Å². The molecule has 0 radical (unpaired) electrons. The molecule has 0 amide bonds. The summed E-state index contributed by atoms with van der Waals surface area (Å²) in [6.45, 7) is 0. The Morgan fingerprint density at radius 2 is 1.59 bits per heavy atom. The van der Waals surface area contributed by atoms with Gasteiger partial charge in [0.15, 0.2) is 0 Å². The molecule has 1 saturated carbocycles. The van der Waals surface area contributed by atoms with E-state index in [1.54, 1.807) is 12.1 Å². The molecule has 1 aliphatic carbocycles. The lowest BCUT2D eigenvalue weighted by atomic mass is 9.83. The van der Waals surface area contributed by atoms with Gasteiger partial charge in [-0.2, -0.15) is 0 Å². The first-order valence-corrected chi connectivity index (χ1v) is 7.55. The van der Waals surface area contributed by atoms with E-state index in [4.69, 9.17) is 16.3 Å². The molecule has 0 bridgehead atoms. The third kappa shape index (κ3) is 3.55. The van der Waals surface area contributed by atoms with Crippen LogP contribution in [0, 0.1) is 0 Å². The van der Waals surface area contributed by atoms with E-state index < -0.39 is 0 Å². The van der Waals surface area contributed by atoms with Crippen LogP contribution in [0.4, 0.5) is 0 Å². The van der Waals surface area contributed by atoms with Crippen molar-refractivity contribution in [1.82, 2.24) is 0 Å². The van der Waals surface area contributed by atoms with Gasteiger partial charge in [0.05, 0.1) is 6.42 Å². The summed E-state index contributed by atoms with van der Waals surface area (Å²) >= 11 is 5.92. The highest BCUT2D eigenvalue weighted by atomic mass is 35.5. The van der Waals surface area contributed by atoms with Crippen LogP contribution in [0.5, 0.6) is 11.5 Å². The topological polar surface area (TPSA) is 43.4 Å². The Labute approximate surface area is 133 Å². The standard InChI is InChI=1S/C18H15ClO3/c19-14-2-1-3-18(10-14)22-17-6-4-12(5-7-17)13-8-15(20)11-16(21)9-13/h1-7,10,13H,8-9,11H2. The van der Waals surface area contributed by atoms with Gasteiger partial charge in [-0.1, -0.05) is 29.8 Å². The maximum absolute atomic E-state index is 11.5. The molecular formula is C18H15ClO3. The minimum atomic E-state index is -0.00558. The summed E-state index contributed by atoms with van der Waals surface area (Å²) < 4.78 is 5.73. The van der Waals surface area contributed by atoms with Crippen LogP contribution >= 0.6 is 11.6 Å². The fourth-order valence-corrected chi connectivity index (χ4v) is 2.88. The minimum Gasteiger partial charge on any atom is -0.457 e. The molecule has 3 nitrogen and oxygen atoms in total. The number of ketones is 2. The molecule has 0 aliphatic heterocycles. The number of ether oxygens (including phenoxy) is 1. The highest BCUT2D eigenvalue weighted by Crippen LogP contribution is 2.31. The molecule has 0 saturated heterocycles. The van der Waals surface area contributed by atoms with Crippen molar-refractivity contribution in [3.05, 3.63) is 59.1 Å². The highest BCUT2D eigenvalue weighted by molar-refractivity contribution is 6.30. The molecule has 1 fully saturated rings. The first-order chi connectivity index (χ1) is 10.6. The van der Waals surface area contributed by atoms with Gasteiger partial charge in [0, 0.05) is 17.9 Å². The molecule has 2 aromatic carbocycles.